The van der Waals surface area contributed by atoms with E-state index < -0.39 is 0 Å². The lowest BCUT2D eigenvalue weighted by Gasteiger charge is -2.35. The van der Waals surface area contributed by atoms with E-state index in [0.29, 0.717) is 17.8 Å². The topological polar surface area (TPSA) is 58.4 Å². The van der Waals surface area contributed by atoms with Gasteiger partial charge in [-0.3, -0.25) is 9.69 Å². The highest BCUT2D eigenvalue weighted by Gasteiger charge is 2.26. The maximum absolute atomic E-state index is 12.7. The zero-order valence-corrected chi connectivity index (χ0v) is 17.4. The molecule has 5 rings (SSSR count). The number of amides is 1. The molecule has 2 aromatic carbocycles. The number of nitrogens with zero attached hydrogens (tertiary/aromatic N) is 2. The molecule has 0 spiro atoms. The first-order chi connectivity index (χ1) is 14.8. The second-order valence-electron chi connectivity index (χ2n) is 7.62. The molecule has 1 aliphatic heterocycles. The molecule has 2 aromatic heterocycles. The van der Waals surface area contributed by atoms with Gasteiger partial charge in [-0.05, 0) is 41.1 Å². The summed E-state index contributed by atoms with van der Waals surface area (Å²) >= 11 is 1.84. The van der Waals surface area contributed by atoms with Crippen molar-refractivity contribution in [2.24, 2.45) is 0 Å². The molecule has 6 heteroatoms. The van der Waals surface area contributed by atoms with Gasteiger partial charge in [0.25, 0.3) is 0 Å². The van der Waals surface area contributed by atoms with Crippen LogP contribution in [-0.2, 0) is 24.2 Å². The molecule has 0 fully saturated rings. The lowest BCUT2D eigenvalue weighted by atomic mass is 10.0. The molecular formula is C24H23N3O2S. The van der Waals surface area contributed by atoms with Gasteiger partial charge < -0.3 is 9.84 Å². The smallest absolute Gasteiger partial charge is 0.226 e. The number of hydrogen-bond donors (Lipinski definition) is 1. The number of nitrogens with one attached hydrogen (secondary N) is 1. The lowest BCUT2D eigenvalue weighted by Crippen LogP contribution is -2.40. The van der Waals surface area contributed by atoms with Crippen molar-refractivity contribution in [1.82, 2.24) is 15.4 Å². The number of fused-ring (bicyclic) bond motifs is 2. The van der Waals surface area contributed by atoms with Gasteiger partial charge in [0.15, 0.2) is 5.58 Å². The second kappa shape index (κ2) is 8.42. The van der Waals surface area contributed by atoms with E-state index in [4.69, 9.17) is 4.52 Å². The standard InChI is InChI=1S/C24H23N3O2S/c28-24(14-20-19-8-4-5-9-22(19)29-26-20)25-15-21(17-6-2-1-3-7-17)27-12-10-23-18(16-27)11-13-30-23/h1-9,11,13,21H,10,12,14-16H2,(H,25,28)/t21-/m1/s1. The molecule has 0 radical (unpaired) electrons. The molecule has 1 amide bonds. The highest BCUT2D eigenvalue weighted by molar-refractivity contribution is 7.10. The first-order valence-corrected chi connectivity index (χ1v) is 11.1. The zero-order valence-electron chi connectivity index (χ0n) is 16.6. The highest BCUT2D eigenvalue weighted by atomic mass is 32.1. The van der Waals surface area contributed by atoms with Crippen molar-refractivity contribution in [2.75, 3.05) is 13.1 Å². The summed E-state index contributed by atoms with van der Waals surface area (Å²) in [6.07, 6.45) is 1.28. The van der Waals surface area contributed by atoms with E-state index in [-0.39, 0.29) is 18.4 Å². The van der Waals surface area contributed by atoms with Gasteiger partial charge in [0.05, 0.1) is 12.5 Å². The summed E-state index contributed by atoms with van der Waals surface area (Å²) in [6, 6.07) is 20.4. The first kappa shape index (κ1) is 19.0. The molecule has 0 aliphatic carbocycles. The molecular weight excluding hydrogens is 394 g/mol. The molecule has 0 unspecified atom stereocenters. The molecule has 1 N–H and O–H groups in total. The fourth-order valence-corrected chi connectivity index (χ4v) is 5.05. The summed E-state index contributed by atoms with van der Waals surface area (Å²) in [5, 5.41) is 10.3. The van der Waals surface area contributed by atoms with Crippen LogP contribution in [0.2, 0.25) is 0 Å². The number of thiophene rings is 1. The average molecular weight is 418 g/mol. The molecule has 3 heterocycles. The highest BCUT2D eigenvalue weighted by Crippen LogP contribution is 2.30. The molecule has 0 bridgehead atoms. The Bertz CT molecular complexity index is 1150. The monoisotopic (exact) mass is 417 g/mol. The molecule has 0 saturated carbocycles. The molecule has 1 aliphatic rings. The van der Waals surface area contributed by atoms with Crippen LogP contribution in [0.3, 0.4) is 0 Å². The normalized spacial score (nSPS) is 15.1. The minimum absolute atomic E-state index is 0.0387. The van der Waals surface area contributed by atoms with E-state index in [0.717, 1.165) is 24.9 Å². The number of para-hydroxylation sites is 1. The lowest BCUT2D eigenvalue weighted by molar-refractivity contribution is -0.120. The van der Waals surface area contributed by atoms with Crippen molar-refractivity contribution in [3.63, 3.8) is 0 Å². The van der Waals surface area contributed by atoms with E-state index in [2.05, 4.69) is 51.1 Å². The fourth-order valence-electron chi connectivity index (χ4n) is 4.16. The van der Waals surface area contributed by atoms with Crippen LogP contribution in [0.1, 0.15) is 27.7 Å². The predicted octanol–water partition coefficient (Wildman–Crippen LogP) is 4.35. The Morgan fingerprint density at radius 1 is 1.13 bits per heavy atom. The molecule has 1 atom stereocenters. The van der Waals surface area contributed by atoms with Crippen molar-refractivity contribution < 1.29 is 9.32 Å². The summed E-state index contributed by atoms with van der Waals surface area (Å²) in [4.78, 5) is 16.7. The van der Waals surface area contributed by atoms with Crippen molar-refractivity contribution in [3.8, 4) is 0 Å². The predicted molar refractivity (Wildman–Crippen MR) is 118 cm³/mol. The van der Waals surface area contributed by atoms with Gasteiger partial charge in [-0.25, -0.2) is 0 Å². The Labute approximate surface area is 179 Å². The van der Waals surface area contributed by atoms with E-state index in [1.54, 1.807) is 0 Å². The molecule has 30 heavy (non-hydrogen) atoms. The molecule has 5 nitrogen and oxygen atoms in total. The van der Waals surface area contributed by atoms with Crippen LogP contribution in [0, 0.1) is 0 Å². The third kappa shape index (κ3) is 3.88. The van der Waals surface area contributed by atoms with E-state index in [9.17, 15) is 4.79 Å². The van der Waals surface area contributed by atoms with Crippen LogP contribution in [0.25, 0.3) is 11.0 Å². The Kier molecular flexibility index (Phi) is 5.34. The minimum Gasteiger partial charge on any atom is -0.356 e. The Hall–Kier alpha value is -2.96. The third-order valence-corrected chi connectivity index (χ3v) is 6.76. The summed E-state index contributed by atoms with van der Waals surface area (Å²) in [6.45, 7) is 2.48. The Morgan fingerprint density at radius 2 is 1.97 bits per heavy atom. The van der Waals surface area contributed by atoms with Gasteiger partial charge in [-0.2, -0.15) is 0 Å². The van der Waals surface area contributed by atoms with Gasteiger partial charge in [0.1, 0.15) is 5.69 Å². The summed E-state index contributed by atoms with van der Waals surface area (Å²) in [5.74, 6) is -0.0387. The van der Waals surface area contributed by atoms with Crippen LogP contribution in [-0.4, -0.2) is 29.1 Å². The number of rotatable bonds is 6. The van der Waals surface area contributed by atoms with Gasteiger partial charge in [-0.15, -0.1) is 11.3 Å². The van der Waals surface area contributed by atoms with Gasteiger partial charge >= 0.3 is 0 Å². The van der Waals surface area contributed by atoms with Crippen LogP contribution in [0.15, 0.2) is 70.6 Å². The van der Waals surface area contributed by atoms with Crippen molar-refractivity contribution in [2.45, 2.75) is 25.4 Å². The zero-order chi connectivity index (χ0) is 20.3. The SMILES string of the molecule is O=C(Cc1noc2ccccc12)NC[C@H](c1ccccc1)N1CCc2sccc2C1. The summed E-state index contributed by atoms with van der Waals surface area (Å²) < 4.78 is 5.33. The number of benzene rings is 2. The summed E-state index contributed by atoms with van der Waals surface area (Å²) in [7, 11) is 0. The van der Waals surface area contributed by atoms with Crippen LogP contribution < -0.4 is 5.32 Å². The third-order valence-electron chi connectivity index (χ3n) is 5.74. The minimum atomic E-state index is -0.0387. The van der Waals surface area contributed by atoms with Crippen molar-refractivity contribution >= 4 is 28.2 Å². The molecule has 0 saturated heterocycles. The van der Waals surface area contributed by atoms with Crippen LogP contribution in [0.5, 0.6) is 0 Å². The Balaban J connectivity index is 1.30. The maximum atomic E-state index is 12.7. The van der Waals surface area contributed by atoms with E-state index in [1.807, 2.05) is 41.7 Å². The number of carbonyl (C=O) groups is 1. The number of aromatic nitrogens is 1. The average Bonchev–Trinajstić information content (AvgIpc) is 3.41. The van der Waals surface area contributed by atoms with Gasteiger partial charge in [-0.1, -0.05) is 47.6 Å². The molecule has 4 aromatic rings. The maximum Gasteiger partial charge on any atom is 0.226 e. The quantitative estimate of drug-likeness (QED) is 0.507. The van der Waals surface area contributed by atoms with E-state index >= 15 is 0 Å². The number of carbonyl (C=O) groups excluding carboxylic acids is 1. The Morgan fingerprint density at radius 3 is 2.87 bits per heavy atom. The summed E-state index contributed by atoms with van der Waals surface area (Å²) in [5.41, 5.74) is 4.03. The van der Waals surface area contributed by atoms with Gasteiger partial charge in [0.2, 0.25) is 5.91 Å². The van der Waals surface area contributed by atoms with Crippen LogP contribution >= 0.6 is 11.3 Å². The van der Waals surface area contributed by atoms with E-state index in [1.165, 1.54) is 16.0 Å². The van der Waals surface area contributed by atoms with Crippen molar-refractivity contribution in [3.05, 3.63) is 87.7 Å². The van der Waals surface area contributed by atoms with Gasteiger partial charge in [0, 0.05) is 29.9 Å². The number of hydrogen-bond acceptors (Lipinski definition) is 5. The fraction of sp³-hybridized carbons (Fsp3) is 0.250. The van der Waals surface area contributed by atoms with Crippen LogP contribution in [0.4, 0.5) is 0 Å². The molecule has 152 valence electrons. The first-order valence-electron chi connectivity index (χ1n) is 10.2. The van der Waals surface area contributed by atoms with Crippen molar-refractivity contribution in [1.29, 1.82) is 0 Å². The second-order valence-corrected chi connectivity index (χ2v) is 8.62. The largest absolute Gasteiger partial charge is 0.356 e.